The van der Waals surface area contributed by atoms with Crippen LogP contribution >= 0.6 is 11.6 Å². The smallest absolute Gasteiger partial charge is 0.321 e. The van der Waals surface area contributed by atoms with Gasteiger partial charge in [-0.2, -0.15) is 0 Å². The van der Waals surface area contributed by atoms with Gasteiger partial charge in [0.05, 0.1) is 12.8 Å². The van der Waals surface area contributed by atoms with Crippen molar-refractivity contribution in [2.45, 2.75) is 0 Å². The van der Waals surface area contributed by atoms with Gasteiger partial charge < -0.3 is 20.1 Å². The number of para-hydroxylation sites is 2. The predicted octanol–water partition coefficient (Wildman–Crippen LogP) is 3.51. The number of hydrogen-bond donors (Lipinski definition) is 2. The van der Waals surface area contributed by atoms with Gasteiger partial charge in [0.25, 0.3) is 0 Å². The number of benzene rings is 2. The fraction of sp³-hybridized carbons (Fsp3) is 0.133. The first-order valence-electron chi connectivity index (χ1n) is 6.25. The van der Waals surface area contributed by atoms with Crippen LogP contribution in [0.5, 0.6) is 11.5 Å². The minimum absolute atomic E-state index is 0.0443. The van der Waals surface area contributed by atoms with E-state index in [1.54, 1.807) is 43.5 Å². The quantitative estimate of drug-likeness (QED) is 0.831. The molecule has 0 spiro atoms. The number of rotatable bonds is 5. The topological polar surface area (TPSA) is 59.6 Å². The highest BCUT2D eigenvalue weighted by molar-refractivity contribution is 6.30. The van der Waals surface area contributed by atoms with Gasteiger partial charge in [0.15, 0.2) is 6.73 Å². The fourth-order valence-electron chi connectivity index (χ4n) is 1.63. The lowest BCUT2D eigenvalue weighted by Gasteiger charge is -2.11. The summed E-state index contributed by atoms with van der Waals surface area (Å²) in [6.45, 7) is 0.0443. The largest absolute Gasteiger partial charge is 0.495 e. The highest BCUT2D eigenvalue weighted by Gasteiger charge is 2.05. The van der Waals surface area contributed by atoms with E-state index in [2.05, 4.69) is 10.6 Å². The molecule has 2 N–H and O–H groups in total. The maximum Gasteiger partial charge on any atom is 0.321 e. The Kier molecular flexibility index (Phi) is 5.29. The molecule has 2 aromatic rings. The molecule has 0 aromatic heterocycles. The number of methoxy groups -OCH3 is 1. The molecule has 0 heterocycles. The number of ether oxygens (including phenoxy) is 2. The Labute approximate surface area is 127 Å². The van der Waals surface area contributed by atoms with Gasteiger partial charge in [-0.05, 0) is 36.4 Å². The number of anilines is 1. The van der Waals surface area contributed by atoms with Crippen LogP contribution in [0.4, 0.5) is 10.5 Å². The van der Waals surface area contributed by atoms with E-state index in [0.29, 0.717) is 22.2 Å². The summed E-state index contributed by atoms with van der Waals surface area (Å²) in [5.74, 6) is 1.21. The molecule has 0 atom stereocenters. The highest BCUT2D eigenvalue weighted by Crippen LogP contribution is 2.22. The van der Waals surface area contributed by atoms with Gasteiger partial charge in [-0.25, -0.2) is 4.79 Å². The Balaban J connectivity index is 1.81. The van der Waals surface area contributed by atoms with Crippen molar-refractivity contribution >= 4 is 23.3 Å². The number of carbonyl (C=O) groups is 1. The number of nitrogens with one attached hydrogen (secondary N) is 2. The first-order valence-corrected chi connectivity index (χ1v) is 6.63. The van der Waals surface area contributed by atoms with Crippen molar-refractivity contribution < 1.29 is 14.3 Å². The summed E-state index contributed by atoms with van der Waals surface area (Å²) >= 11 is 5.77. The van der Waals surface area contributed by atoms with Crippen molar-refractivity contribution in [1.82, 2.24) is 5.32 Å². The van der Waals surface area contributed by atoms with Crippen LogP contribution in [0.15, 0.2) is 48.5 Å². The van der Waals surface area contributed by atoms with Gasteiger partial charge in [0.2, 0.25) is 0 Å². The molecule has 0 bridgehead atoms. The number of carbonyl (C=O) groups excluding carboxylic acids is 1. The zero-order chi connectivity index (χ0) is 15.1. The lowest BCUT2D eigenvalue weighted by molar-refractivity contribution is 0.234. The molecule has 0 radical (unpaired) electrons. The summed E-state index contributed by atoms with van der Waals surface area (Å²) in [5.41, 5.74) is 0.587. The van der Waals surface area contributed by atoms with E-state index in [1.165, 1.54) is 0 Å². The summed E-state index contributed by atoms with van der Waals surface area (Å²) in [5, 5.41) is 5.89. The Hall–Kier alpha value is -2.40. The molecule has 6 heteroatoms. The van der Waals surface area contributed by atoms with Crippen LogP contribution < -0.4 is 20.1 Å². The maximum atomic E-state index is 11.7. The molecule has 2 rings (SSSR count). The molecule has 2 amide bonds. The second kappa shape index (κ2) is 7.40. The second-order valence-corrected chi connectivity index (χ2v) is 4.51. The van der Waals surface area contributed by atoms with Crippen molar-refractivity contribution in [1.29, 1.82) is 0 Å². The molecule has 0 aliphatic heterocycles. The molecule has 0 aliphatic carbocycles. The van der Waals surface area contributed by atoms with Crippen molar-refractivity contribution in [3.63, 3.8) is 0 Å². The van der Waals surface area contributed by atoms with Crippen molar-refractivity contribution in [3.05, 3.63) is 53.6 Å². The van der Waals surface area contributed by atoms with E-state index < -0.39 is 0 Å². The molecular weight excluding hydrogens is 292 g/mol. The minimum atomic E-state index is -0.381. The zero-order valence-corrected chi connectivity index (χ0v) is 12.2. The summed E-state index contributed by atoms with van der Waals surface area (Å²) in [7, 11) is 1.54. The lowest BCUT2D eigenvalue weighted by Crippen LogP contribution is -2.32. The molecule has 0 saturated heterocycles. The SMILES string of the molecule is COc1ccccc1NC(=O)NCOc1ccc(Cl)cc1. The number of urea groups is 1. The Morgan fingerprint density at radius 3 is 2.57 bits per heavy atom. The van der Waals surface area contributed by atoms with Crippen molar-refractivity contribution in [3.8, 4) is 11.5 Å². The van der Waals surface area contributed by atoms with Gasteiger partial charge in [-0.3, -0.25) is 0 Å². The summed E-state index contributed by atoms with van der Waals surface area (Å²) in [6.07, 6.45) is 0. The van der Waals surface area contributed by atoms with E-state index in [4.69, 9.17) is 21.1 Å². The van der Waals surface area contributed by atoms with Crippen LogP contribution in [-0.4, -0.2) is 19.9 Å². The molecule has 21 heavy (non-hydrogen) atoms. The van der Waals surface area contributed by atoms with Crippen LogP contribution in [0.3, 0.4) is 0 Å². The third kappa shape index (κ3) is 4.57. The van der Waals surface area contributed by atoms with Crippen LogP contribution in [0, 0.1) is 0 Å². The first kappa shape index (κ1) is 15.0. The molecule has 0 saturated carbocycles. The normalized spacial score (nSPS) is 9.81. The van der Waals surface area contributed by atoms with Crippen LogP contribution in [0.2, 0.25) is 5.02 Å². The Bertz CT molecular complexity index is 602. The standard InChI is InChI=1S/C15H15ClN2O3/c1-20-14-5-3-2-4-13(14)18-15(19)17-10-21-12-8-6-11(16)7-9-12/h2-9H,10H2,1H3,(H2,17,18,19). The van der Waals surface area contributed by atoms with Gasteiger partial charge in [-0.1, -0.05) is 23.7 Å². The van der Waals surface area contributed by atoms with Crippen LogP contribution in [0.1, 0.15) is 0 Å². The number of amides is 2. The summed E-state index contributed by atoms with van der Waals surface area (Å²) in [4.78, 5) is 11.7. The molecule has 0 fully saturated rings. The minimum Gasteiger partial charge on any atom is -0.495 e. The average Bonchev–Trinajstić information content (AvgIpc) is 2.50. The van der Waals surface area contributed by atoms with Gasteiger partial charge in [0.1, 0.15) is 11.5 Å². The lowest BCUT2D eigenvalue weighted by atomic mass is 10.3. The van der Waals surface area contributed by atoms with E-state index in [1.807, 2.05) is 12.1 Å². The predicted molar refractivity (Wildman–Crippen MR) is 82.1 cm³/mol. The molecule has 0 unspecified atom stereocenters. The highest BCUT2D eigenvalue weighted by atomic mass is 35.5. The Morgan fingerprint density at radius 1 is 1.14 bits per heavy atom. The monoisotopic (exact) mass is 306 g/mol. The second-order valence-electron chi connectivity index (χ2n) is 4.07. The third-order valence-electron chi connectivity index (χ3n) is 2.64. The molecule has 0 aliphatic rings. The molecule has 2 aromatic carbocycles. The number of halogens is 1. The van der Waals surface area contributed by atoms with Gasteiger partial charge in [0, 0.05) is 5.02 Å². The third-order valence-corrected chi connectivity index (χ3v) is 2.89. The van der Waals surface area contributed by atoms with Crippen LogP contribution in [0.25, 0.3) is 0 Å². The van der Waals surface area contributed by atoms with Gasteiger partial charge in [-0.15, -0.1) is 0 Å². The molecule has 5 nitrogen and oxygen atoms in total. The molecular formula is C15H15ClN2O3. The Morgan fingerprint density at radius 2 is 1.86 bits per heavy atom. The number of hydrogen-bond acceptors (Lipinski definition) is 3. The fourth-order valence-corrected chi connectivity index (χ4v) is 1.76. The van der Waals surface area contributed by atoms with Gasteiger partial charge >= 0.3 is 6.03 Å². The van der Waals surface area contributed by atoms with E-state index in [-0.39, 0.29) is 12.8 Å². The van der Waals surface area contributed by atoms with Crippen molar-refractivity contribution in [2.75, 3.05) is 19.2 Å². The molecule has 110 valence electrons. The maximum absolute atomic E-state index is 11.7. The van der Waals surface area contributed by atoms with Crippen LogP contribution in [-0.2, 0) is 0 Å². The average molecular weight is 307 g/mol. The van der Waals surface area contributed by atoms with E-state index in [0.717, 1.165) is 0 Å². The summed E-state index contributed by atoms with van der Waals surface area (Å²) < 4.78 is 10.5. The van der Waals surface area contributed by atoms with E-state index in [9.17, 15) is 4.79 Å². The summed E-state index contributed by atoms with van der Waals surface area (Å²) in [6, 6.07) is 13.6. The zero-order valence-electron chi connectivity index (χ0n) is 11.4. The van der Waals surface area contributed by atoms with E-state index >= 15 is 0 Å². The van der Waals surface area contributed by atoms with Crippen molar-refractivity contribution in [2.24, 2.45) is 0 Å². The first-order chi connectivity index (χ1) is 10.2.